The number of nitrogens with zero attached hydrogens (tertiary/aromatic N) is 3. The van der Waals surface area contributed by atoms with Crippen molar-refractivity contribution in [2.24, 2.45) is 5.73 Å². The molecular formula is C11H16N4. The highest BCUT2D eigenvalue weighted by atomic mass is 15.1. The molecule has 2 rings (SSSR count). The molecule has 0 spiro atoms. The molecule has 0 bridgehead atoms. The highest BCUT2D eigenvalue weighted by molar-refractivity contribution is 5.71. The van der Waals surface area contributed by atoms with Gasteiger partial charge < -0.3 is 10.3 Å². The highest BCUT2D eigenvalue weighted by Gasteiger charge is 2.08. The molecule has 0 aromatic carbocycles. The van der Waals surface area contributed by atoms with Crippen LogP contribution in [-0.2, 0) is 0 Å². The zero-order valence-electron chi connectivity index (χ0n) is 9.31. The Morgan fingerprint density at radius 2 is 2.00 bits per heavy atom. The number of fused-ring (bicyclic) bond motifs is 1. The van der Waals surface area contributed by atoms with Crippen molar-refractivity contribution in [3.63, 3.8) is 0 Å². The minimum absolute atomic E-state index is 0.00565. The average Bonchev–Trinajstić information content (AvgIpc) is 2.59. The van der Waals surface area contributed by atoms with Gasteiger partial charge in [0.2, 0.25) is 0 Å². The summed E-state index contributed by atoms with van der Waals surface area (Å²) in [5, 5.41) is 0. The molecule has 0 aliphatic carbocycles. The topological polar surface area (TPSA) is 56.7 Å². The maximum atomic E-state index is 5.80. The molecule has 4 heteroatoms. The third-order valence-corrected chi connectivity index (χ3v) is 2.52. The molecule has 4 nitrogen and oxygen atoms in total. The first kappa shape index (κ1) is 10.1. The van der Waals surface area contributed by atoms with Gasteiger partial charge in [-0.3, -0.25) is 0 Å². The molecule has 0 saturated heterocycles. The van der Waals surface area contributed by atoms with E-state index in [0.29, 0.717) is 6.04 Å². The van der Waals surface area contributed by atoms with Crippen molar-refractivity contribution in [1.29, 1.82) is 0 Å². The summed E-state index contributed by atoms with van der Waals surface area (Å²) in [6, 6.07) is 2.39. The Hall–Kier alpha value is -1.42. The standard InChI is InChI=1S/C11H16N4/c1-7(2)15-6-14-10-4-9(8(3)12)5-13-11(10)15/h4-8H,12H2,1-3H3. The first-order valence-electron chi connectivity index (χ1n) is 5.17. The minimum atomic E-state index is 0.00565. The lowest BCUT2D eigenvalue weighted by atomic mass is 10.1. The van der Waals surface area contributed by atoms with Gasteiger partial charge in [-0.15, -0.1) is 0 Å². The van der Waals surface area contributed by atoms with Crippen LogP contribution in [0.4, 0.5) is 0 Å². The van der Waals surface area contributed by atoms with Gasteiger partial charge in [-0.05, 0) is 32.4 Å². The number of nitrogens with two attached hydrogens (primary N) is 1. The zero-order valence-corrected chi connectivity index (χ0v) is 9.31. The fourth-order valence-electron chi connectivity index (χ4n) is 1.56. The van der Waals surface area contributed by atoms with Crippen molar-refractivity contribution in [2.75, 3.05) is 0 Å². The Balaban J connectivity index is 2.57. The van der Waals surface area contributed by atoms with Gasteiger partial charge in [-0.2, -0.15) is 0 Å². The molecule has 2 aromatic rings. The van der Waals surface area contributed by atoms with E-state index in [1.165, 1.54) is 0 Å². The molecule has 80 valence electrons. The van der Waals surface area contributed by atoms with Crippen LogP contribution in [-0.4, -0.2) is 14.5 Å². The molecule has 2 N–H and O–H groups in total. The second-order valence-corrected chi connectivity index (χ2v) is 4.15. The van der Waals surface area contributed by atoms with Gasteiger partial charge in [-0.25, -0.2) is 9.97 Å². The number of rotatable bonds is 2. The van der Waals surface area contributed by atoms with Crippen LogP contribution in [0, 0.1) is 0 Å². The number of hydrogen-bond acceptors (Lipinski definition) is 3. The molecular weight excluding hydrogens is 188 g/mol. The van der Waals surface area contributed by atoms with Gasteiger partial charge in [0, 0.05) is 18.3 Å². The number of imidazole rings is 1. The summed E-state index contributed by atoms with van der Waals surface area (Å²) in [6.45, 7) is 6.17. The second-order valence-electron chi connectivity index (χ2n) is 4.15. The summed E-state index contributed by atoms with van der Waals surface area (Å²) in [6.07, 6.45) is 3.65. The van der Waals surface area contributed by atoms with Crippen LogP contribution in [0.3, 0.4) is 0 Å². The van der Waals surface area contributed by atoms with Gasteiger partial charge in [0.15, 0.2) is 5.65 Å². The maximum absolute atomic E-state index is 5.80. The lowest BCUT2D eigenvalue weighted by molar-refractivity contribution is 0.612. The Bertz CT molecular complexity index is 470. The quantitative estimate of drug-likeness (QED) is 0.814. The van der Waals surface area contributed by atoms with Gasteiger partial charge in [0.25, 0.3) is 0 Å². The maximum Gasteiger partial charge on any atom is 0.160 e. The molecule has 0 fully saturated rings. The molecule has 0 amide bonds. The molecule has 2 aromatic heterocycles. The highest BCUT2D eigenvalue weighted by Crippen LogP contribution is 2.18. The Labute approximate surface area is 89.1 Å². The summed E-state index contributed by atoms with van der Waals surface area (Å²) in [7, 11) is 0. The zero-order chi connectivity index (χ0) is 11.0. The van der Waals surface area contributed by atoms with E-state index in [0.717, 1.165) is 16.7 Å². The number of hydrogen-bond donors (Lipinski definition) is 1. The van der Waals surface area contributed by atoms with E-state index >= 15 is 0 Å². The molecule has 0 aliphatic heterocycles. The van der Waals surface area contributed by atoms with Gasteiger partial charge >= 0.3 is 0 Å². The van der Waals surface area contributed by atoms with Crippen molar-refractivity contribution in [2.45, 2.75) is 32.9 Å². The Kier molecular flexibility index (Phi) is 2.44. The molecule has 2 heterocycles. The molecule has 1 unspecified atom stereocenters. The van der Waals surface area contributed by atoms with Gasteiger partial charge in [-0.1, -0.05) is 0 Å². The normalized spacial score (nSPS) is 13.7. The lowest BCUT2D eigenvalue weighted by Gasteiger charge is -2.08. The van der Waals surface area contributed by atoms with Crippen LogP contribution in [0.15, 0.2) is 18.6 Å². The first-order chi connectivity index (χ1) is 7.09. The van der Waals surface area contributed by atoms with Crippen molar-refractivity contribution in [3.8, 4) is 0 Å². The van der Waals surface area contributed by atoms with Gasteiger partial charge in [0.1, 0.15) is 5.52 Å². The van der Waals surface area contributed by atoms with Crippen LogP contribution in [0.2, 0.25) is 0 Å². The van der Waals surface area contributed by atoms with Crippen LogP contribution in [0.5, 0.6) is 0 Å². The number of pyridine rings is 1. The van der Waals surface area contributed by atoms with E-state index < -0.39 is 0 Å². The molecule has 0 saturated carbocycles. The molecule has 0 radical (unpaired) electrons. The van der Waals surface area contributed by atoms with E-state index in [-0.39, 0.29) is 6.04 Å². The van der Waals surface area contributed by atoms with Crippen LogP contribution < -0.4 is 5.73 Å². The second kappa shape index (κ2) is 3.62. The molecule has 0 aliphatic rings. The van der Waals surface area contributed by atoms with Crippen molar-refractivity contribution < 1.29 is 0 Å². The average molecular weight is 204 g/mol. The first-order valence-corrected chi connectivity index (χ1v) is 5.17. The van der Waals surface area contributed by atoms with E-state index in [1.54, 1.807) is 0 Å². The van der Waals surface area contributed by atoms with Crippen molar-refractivity contribution in [3.05, 3.63) is 24.2 Å². The van der Waals surface area contributed by atoms with Crippen molar-refractivity contribution >= 4 is 11.2 Å². The predicted molar refractivity (Wildman–Crippen MR) is 60.5 cm³/mol. The molecule has 1 atom stereocenters. The van der Waals surface area contributed by atoms with E-state index in [9.17, 15) is 0 Å². The summed E-state index contributed by atoms with van der Waals surface area (Å²) < 4.78 is 2.06. The summed E-state index contributed by atoms with van der Waals surface area (Å²) in [4.78, 5) is 8.73. The fraction of sp³-hybridized carbons (Fsp3) is 0.455. The smallest absolute Gasteiger partial charge is 0.160 e. The number of aromatic nitrogens is 3. The van der Waals surface area contributed by atoms with E-state index in [4.69, 9.17) is 5.73 Å². The molecule has 15 heavy (non-hydrogen) atoms. The van der Waals surface area contributed by atoms with Crippen molar-refractivity contribution in [1.82, 2.24) is 14.5 Å². The largest absolute Gasteiger partial charge is 0.324 e. The van der Waals surface area contributed by atoms with Crippen LogP contribution in [0.25, 0.3) is 11.2 Å². The monoisotopic (exact) mass is 204 g/mol. The van der Waals surface area contributed by atoms with Gasteiger partial charge in [0.05, 0.1) is 6.33 Å². The predicted octanol–water partition coefficient (Wildman–Crippen LogP) is 2.03. The van der Waals surface area contributed by atoms with Crippen LogP contribution in [0.1, 0.15) is 38.4 Å². The van der Waals surface area contributed by atoms with E-state index in [1.807, 2.05) is 25.5 Å². The minimum Gasteiger partial charge on any atom is -0.324 e. The third kappa shape index (κ3) is 1.72. The van der Waals surface area contributed by atoms with E-state index in [2.05, 4.69) is 28.4 Å². The van der Waals surface area contributed by atoms with Crippen LogP contribution >= 0.6 is 0 Å². The fourth-order valence-corrected chi connectivity index (χ4v) is 1.56. The Morgan fingerprint density at radius 1 is 1.27 bits per heavy atom. The summed E-state index contributed by atoms with van der Waals surface area (Å²) in [5.41, 5.74) is 8.66. The SMILES string of the molecule is CC(N)c1cnc2c(c1)ncn2C(C)C. The summed E-state index contributed by atoms with van der Waals surface area (Å²) in [5.74, 6) is 0. The summed E-state index contributed by atoms with van der Waals surface area (Å²) >= 11 is 0. The lowest BCUT2D eigenvalue weighted by Crippen LogP contribution is -2.06. The Morgan fingerprint density at radius 3 is 2.60 bits per heavy atom. The third-order valence-electron chi connectivity index (χ3n) is 2.52.